The van der Waals surface area contributed by atoms with E-state index in [4.69, 9.17) is 9.47 Å². The second-order valence-electron chi connectivity index (χ2n) is 5.26. The van der Waals surface area contributed by atoms with E-state index >= 15 is 0 Å². The van der Waals surface area contributed by atoms with Crippen molar-refractivity contribution in [2.45, 2.75) is 33.5 Å². The van der Waals surface area contributed by atoms with E-state index in [2.05, 4.69) is 0 Å². The first kappa shape index (κ1) is 15.4. The Balaban J connectivity index is 2.24. The van der Waals surface area contributed by atoms with Crippen LogP contribution in [0.15, 0.2) is 36.4 Å². The van der Waals surface area contributed by atoms with Crippen LogP contribution in [-0.2, 0) is 6.61 Å². The van der Waals surface area contributed by atoms with Crippen molar-refractivity contribution in [2.75, 3.05) is 7.11 Å². The van der Waals surface area contributed by atoms with Gasteiger partial charge in [0.25, 0.3) is 0 Å². The van der Waals surface area contributed by atoms with Gasteiger partial charge in [-0.1, -0.05) is 24.3 Å². The Morgan fingerprint density at radius 1 is 1.10 bits per heavy atom. The molecule has 0 aliphatic heterocycles. The fraction of sp³-hybridized carbons (Fsp3) is 0.333. The molecule has 0 saturated heterocycles. The molecular weight excluding hydrogens is 264 g/mol. The third kappa shape index (κ3) is 3.56. The molecule has 21 heavy (non-hydrogen) atoms. The first-order valence-corrected chi connectivity index (χ1v) is 7.07. The minimum Gasteiger partial charge on any atom is -0.496 e. The standard InChI is InChI=1S/C18H22O3/c1-12-6-5-7-13(2)18(12)21-11-16-10-15(14(3)19)8-9-17(16)20-4/h5-10,14,19H,11H2,1-4H3. The lowest BCUT2D eigenvalue weighted by molar-refractivity contribution is 0.198. The van der Waals surface area contributed by atoms with Crippen molar-refractivity contribution >= 4 is 0 Å². The van der Waals surface area contributed by atoms with E-state index in [1.54, 1.807) is 14.0 Å². The molecule has 2 aromatic carbocycles. The first-order valence-electron chi connectivity index (χ1n) is 7.07. The van der Waals surface area contributed by atoms with Crippen molar-refractivity contribution in [3.8, 4) is 11.5 Å². The fourth-order valence-corrected chi connectivity index (χ4v) is 2.35. The predicted octanol–water partition coefficient (Wildman–Crippen LogP) is 3.94. The SMILES string of the molecule is COc1ccc(C(C)O)cc1COc1c(C)cccc1C. The molecule has 112 valence electrons. The van der Waals surface area contributed by atoms with E-state index in [0.717, 1.165) is 33.8 Å². The number of aryl methyl sites for hydroxylation is 2. The molecular formula is C18H22O3. The van der Waals surface area contributed by atoms with Gasteiger partial charge in [-0.15, -0.1) is 0 Å². The largest absolute Gasteiger partial charge is 0.496 e. The summed E-state index contributed by atoms with van der Waals surface area (Å²) in [5, 5.41) is 9.70. The summed E-state index contributed by atoms with van der Waals surface area (Å²) >= 11 is 0. The van der Waals surface area contributed by atoms with Gasteiger partial charge in [-0.05, 0) is 49.6 Å². The molecule has 0 fully saturated rings. The Labute approximate surface area is 126 Å². The highest BCUT2D eigenvalue weighted by Gasteiger charge is 2.10. The first-order chi connectivity index (χ1) is 10.0. The molecule has 0 heterocycles. The Kier molecular flexibility index (Phi) is 4.86. The van der Waals surface area contributed by atoms with E-state index < -0.39 is 6.10 Å². The fourth-order valence-electron chi connectivity index (χ4n) is 2.35. The second kappa shape index (κ2) is 6.64. The van der Waals surface area contributed by atoms with Gasteiger partial charge in [-0.2, -0.15) is 0 Å². The summed E-state index contributed by atoms with van der Waals surface area (Å²) in [4.78, 5) is 0. The zero-order valence-corrected chi connectivity index (χ0v) is 13.0. The summed E-state index contributed by atoms with van der Waals surface area (Å²) in [5.74, 6) is 1.67. The molecule has 0 aliphatic carbocycles. The lowest BCUT2D eigenvalue weighted by Gasteiger charge is -2.15. The molecule has 1 N–H and O–H groups in total. The maximum Gasteiger partial charge on any atom is 0.125 e. The van der Waals surface area contributed by atoms with Gasteiger partial charge in [0.1, 0.15) is 18.1 Å². The van der Waals surface area contributed by atoms with E-state index in [9.17, 15) is 5.11 Å². The smallest absolute Gasteiger partial charge is 0.125 e. The van der Waals surface area contributed by atoms with Gasteiger partial charge >= 0.3 is 0 Å². The van der Waals surface area contributed by atoms with Crippen LogP contribution in [0.3, 0.4) is 0 Å². The average molecular weight is 286 g/mol. The predicted molar refractivity (Wildman–Crippen MR) is 83.9 cm³/mol. The quantitative estimate of drug-likeness (QED) is 0.904. The molecule has 3 heteroatoms. The van der Waals surface area contributed by atoms with Gasteiger partial charge in [0.2, 0.25) is 0 Å². The number of aliphatic hydroxyl groups excluding tert-OH is 1. The van der Waals surface area contributed by atoms with Crippen LogP contribution in [0.2, 0.25) is 0 Å². The molecule has 0 saturated carbocycles. The molecule has 2 aromatic rings. The van der Waals surface area contributed by atoms with Gasteiger partial charge in [-0.25, -0.2) is 0 Å². The number of benzene rings is 2. The van der Waals surface area contributed by atoms with E-state index in [1.165, 1.54) is 0 Å². The van der Waals surface area contributed by atoms with Crippen LogP contribution < -0.4 is 9.47 Å². The molecule has 2 rings (SSSR count). The van der Waals surface area contributed by atoms with Crippen molar-refractivity contribution in [1.82, 2.24) is 0 Å². The maximum absolute atomic E-state index is 9.70. The summed E-state index contributed by atoms with van der Waals surface area (Å²) in [5.41, 5.74) is 4.01. The average Bonchev–Trinajstić information content (AvgIpc) is 2.46. The Morgan fingerprint density at radius 3 is 2.33 bits per heavy atom. The topological polar surface area (TPSA) is 38.7 Å². The highest BCUT2D eigenvalue weighted by molar-refractivity contribution is 5.41. The van der Waals surface area contributed by atoms with Gasteiger partial charge in [-0.3, -0.25) is 0 Å². The molecule has 1 atom stereocenters. The van der Waals surface area contributed by atoms with E-state index in [0.29, 0.717) is 6.61 Å². The number of methoxy groups -OCH3 is 1. The number of ether oxygens (including phenoxy) is 2. The molecule has 0 aromatic heterocycles. The molecule has 0 radical (unpaired) electrons. The summed E-state index contributed by atoms with van der Waals surface area (Å²) in [6.45, 7) is 6.23. The van der Waals surface area contributed by atoms with Crippen molar-refractivity contribution < 1.29 is 14.6 Å². The third-order valence-electron chi connectivity index (χ3n) is 3.57. The van der Waals surface area contributed by atoms with Crippen molar-refractivity contribution in [2.24, 2.45) is 0 Å². The molecule has 0 bridgehead atoms. The molecule has 3 nitrogen and oxygen atoms in total. The number of hydrogen-bond acceptors (Lipinski definition) is 3. The Hall–Kier alpha value is -2.00. The summed E-state index contributed by atoms with van der Waals surface area (Å²) in [7, 11) is 1.64. The van der Waals surface area contributed by atoms with Crippen LogP contribution in [0.25, 0.3) is 0 Å². The minimum atomic E-state index is -0.505. The van der Waals surface area contributed by atoms with Gasteiger partial charge in [0.15, 0.2) is 0 Å². The molecule has 0 amide bonds. The van der Waals surface area contributed by atoms with Crippen LogP contribution in [0.4, 0.5) is 0 Å². The molecule has 1 unspecified atom stereocenters. The zero-order chi connectivity index (χ0) is 15.4. The van der Waals surface area contributed by atoms with Crippen molar-refractivity contribution in [1.29, 1.82) is 0 Å². The number of para-hydroxylation sites is 1. The van der Waals surface area contributed by atoms with E-state index in [1.807, 2.05) is 50.2 Å². The Bertz CT molecular complexity index is 598. The lowest BCUT2D eigenvalue weighted by Crippen LogP contribution is -2.03. The lowest BCUT2D eigenvalue weighted by atomic mass is 10.1. The van der Waals surface area contributed by atoms with Gasteiger partial charge in [0, 0.05) is 5.56 Å². The summed E-state index contributed by atoms with van der Waals surface area (Å²) in [6.07, 6.45) is -0.505. The normalized spacial score (nSPS) is 12.0. The van der Waals surface area contributed by atoms with Gasteiger partial charge in [0.05, 0.1) is 13.2 Å². The zero-order valence-electron chi connectivity index (χ0n) is 13.0. The number of rotatable bonds is 5. The van der Waals surface area contributed by atoms with Crippen LogP contribution in [-0.4, -0.2) is 12.2 Å². The highest BCUT2D eigenvalue weighted by Crippen LogP contribution is 2.27. The van der Waals surface area contributed by atoms with Crippen LogP contribution in [0.5, 0.6) is 11.5 Å². The van der Waals surface area contributed by atoms with Crippen LogP contribution in [0, 0.1) is 13.8 Å². The maximum atomic E-state index is 9.70. The third-order valence-corrected chi connectivity index (χ3v) is 3.57. The monoisotopic (exact) mass is 286 g/mol. The Morgan fingerprint density at radius 2 is 1.76 bits per heavy atom. The number of aliphatic hydroxyl groups is 1. The van der Waals surface area contributed by atoms with E-state index in [-0.39, 0.29) is 0 Å². The molecule has 0 aliphatic rings. The van der Waals surface area contributed by atoms with Crippen molar-refractivity contribution in [3.05, 3.63) is 58.7 Å². The second-order valence-corrected chi connectivity index (χ2v) is 5.26. The molecule has 0 spiro atoms. The van der Waals surface area contributed by atoms with Crippen LogP contribution >= 0.6 is 0 Å². The minimum absolute atomic E-state index is 0.412. The summed E-state index contributed by atoms with van der Waals surface area (Å²) in [6, 6.07) is 11.7. The highest BCUT2D eigenvalue weighted by atomic mass is 16.5. The van der Waals surface area contributed by atoms with Gasteiger partial charge < -0.3 is 14.6 Å². The van der Waals surface area contributed by atoms with Crippen LogP contribution in [0.1, 0.15) is 35.3 Å². The van der Waals surface area contributed by atoms with Crippen molar-refractivity contribution in [3.63, 3.8) is 0 Å². The number of hydrogen-bond donors (Lipinski definition) is 1. The summed E-state index contributed by atoms with van der Waals surface area (Å²) < 4.78 is 11.3.